The lowest BCUT2D eigenvalue weighted by Gasteiger charge is -2.25. The van der Waals surface area contributed by atoms with E-state index in [1.807, 2.05) is 0 Å². The maximum Gasteiger partial charge on any atom is 0.275 e. The van der Waals surface area contributed by atoms with Gasteiger partial charge in [-0.05, 0) is 25.0 Å². The van der Waals surface area contributed by atoms with Crippen LogP contribution in [0.25, 0.3) is 0 Å². The van der Waals surface area contributed by atoms with Gasteiger partial charge in [0.1, 0.15) is 11.9 Å². The molecule has 2 aromatic heterocycles. The van der Waals surface area contributed by atoms with E-state index in [1.54, 1.807) is 17.0 Å². The summed E-state index contributed by atoms with van der Waals surface area (Å²) < 4.78 is 13.0. The van der Waals surface area contributed by atoms with Crippen LogP contribution < -0.4 is 0 Å². The van der Waals surface area contributed by atoms with Gasteiger partial charge in [0.15, 0.2) is 5.69 Å². The van der Waals surface area contributed by atoms with E-state index in [0.29, 0.717) is 24.4 Å². The summed E-state index contributed by atoms with van der Waals surface area (Å²) >= 11 is 1.03. The molecule has 0 saturated carbocycles. The van der Waals surface area contributed by atoms with Gasteiger partial charge in [-0.1, -0.05) is 0 Å². The third kappa shape index (κ3) is 2.59. The van der Waals surface area contributed by atoms with Gasteiger partial charge in [-0.2, -0.15) is 8.75 Å². The Bertz CT molecular complexity index is 555. The Hall–Kier alpha value is -1.73. The summed E-state index contributed by atoms with van der Waals surface area (Å²) in [5.41, 5.74) is 0.384. The minimum Gasteiger partial charge on any atom is -0.467 e. The molecule has 0 aliphatic carbocycles. The molecule has 1 aliphatic rings. The second-order valence-electron chi connectivity index (χ2n) is 4.85. The number of amides is 1. The highest BCUT2D eigenvalue weighted by Crippen LogP contribution is 2.28. The zero-order valence-corrected chi connectivity index (χ0v) is 11.6. The van der Waals surface area contributed by atoms with Crippen LogP contribution >= 0.6 is 11.7 Å². The van der Waals surface area contributed by atoms with Crippen LogP contribution in [0.3, 0.4) is 0 Å². The quantitative estimate of drug-likeness (QED) is 0.930. The van der Waals surface area contributed by atoms with Crippen molar-refractivity contribution in [1.82, 2.24) is 13.6 Å². The lowest BCUT2D eigenvalue weighted by atomic mass is 10.0. The van der Waals surface area contributed by atoms with Crippen molar-refractivity contribution in [3.05, 3.63) is 36.0 Å². The van der Waals surface area contributed by atoms with Crippen LogP contribution in [-0.2, 0) is 0 Å². The molecule has 1 aliphatic heterocycles. The Morgan fingerprint density at radius 1 is 1.65 bits per heavy atom. The Morgan fingerprint density at radius 2 is 2.55 bits per heavy atom. The van der Waals surface area contributed by atoms with Crippen LogP contribution in [0.1, 0.15) is 41.6 Å². The first kappa shape index (κ1) is 13.3. The smallest absolute Gasteiger partial charge is 0.275 e. The van der Waals surface area contributed by atoms with E-state index in [0.717, 1.165) is 24.6 Å². The largest absolute Gasteiger partial charge is 0.467 e. The summed E-state index contributed by atoms with van der Waals surface area (Å²) in [5.74, 6) is 0.438. The van der Waals surface area contributed by atoms with Crippen molar-refractivity contribution in [2.24, 2.45) is 0 Å². The molecule has 2 aromatic rings. The summed E-state index contributed by atoms with van der Waals surface area (Å²) in [5, 5.41) is 10.1. The molecule has 106 valence electrons. The molecule has 0 bridgehead atoms. The van der Waals surface area contributed by atoms with Crippen LogP contribution in [-0.4, -0.2) is 37.2 Å². The highest BCUT2D eigenvalue weighted by atomic mass is 32.1. The fraction of sp³-hybridized carbons (Fsp3) is 0.462. The highest BCUT2D eigenvalue weighted by molar-refractivity contribution is 6.99. The van der Waals surface area contributed by atoms with E-state index >= 15 is 0 Å². The average molecular weight is 293 g/mol. The summed E-state index contributed by atoms with van der Waals surface area (Å²) in [4.78, 5) is 14.1. The van der Waals surface area contributed by atoms with Crippen molar-refractivity contribution in [3.63, 3.8) is 0 Å². The highest BCUT2D eigenvalue weighted by Gasteiger charge is 2.32. The predicted octanol–water partition coefficient (Wildman–Crippen LogP) is 1.86. The molecule has 1 saturated heterocycles. The fourth-order valence-electron chi connectivity index (χ4n) is 2.61. The first-order valence-corrected chi connectivity index (χ1v) is 7.28. The van der Waals surface area contributed by atoms with Gasteiger partial charge in [0.05, 0.1) is 24.2 Å². The number of furan rings is 1. The van der Waals surface area contributed by atoms with E-state index < -0.39 is 6.10 Å². The molecule has 0 radical (unpaired) electrons. The molecule has 7 heteroatoms. The molecule has 6 nitrogen and oxygen atoms in total. The summed E-state index contributed by atoms with van der Waals surface area (Å²) in [6.45, 7) is 0.700. The molecule has 2 atom stereocenters. The first-order chi connectivity index (χ1) is 9.75. The second-order valence-corrected chi connectivity index (χ2v) is 5.41. The van der Waals surface area contributed by atoms with Gasteiger partial charge in [-0.15, -0.1) is 0 Å². The predicted molar refractivity (Wildman–Crippen MR) is 72.3 cm³/mol. The molecule has 0 aromatic carbocycles. The number of carbonyl (C=O) groups excluding carboxylic acids is 1. The zero-order chi connectivity index (χ0) is 13.9. The van der Waals surface area contributed by atoms with Crippen LogP contribution in [0.2, 0.25) is 0 Å². The second kappa shape index (κ2) is 5.72. The minimum atomic E-state index is -0.683. The van der Waals surface area contributed by atoms with Crippen molar-refractivity contribution in [1.29, 1.82) is 0 Å². The minimum absolute atomic E-state index is 0.0179. The number of aliphatic hydroxyl groups excluding tert-OH is 1. The lowest BCUT2D eigenvalue weighted by molar-refractivity contribution is 0.0637. The summed E-state index contributed by atoms with van der Waals surface area (Å²) in [6.07, 6.45) is 4.66. The molecule has 3 rings (SSSR count). The van der Waals surface area contributed by atoms with Gasteiger partial charge in [0, 0.05) is 19.0 Å². The van der Waals surface area contributed by atoms with Crippen LogP contribution in [0, 0.1) is 0 Å². The maximum atomic E-state index is 12.3. The SMILES string of the molecule is O=C(c1cnsn1)N1CCCC1CC(O)c1ccco1. The van der Waals surface area contributed by atoms with Gasteiger partial charge in [0.25, 0.3) is 5.91 Å². The molecule has 1 N–H and O–H groups in total. The van der Waals surface area contributed by atoms with Crippen molar-refractivity contribution < 1.29 is 14.3 Å². The number of nitrogens with zero attached hydrogens (tertiary/aromatic N) is 3. The Kier molecular flexibility index (Phi) is 3.79. The number of hydrogen-bond acceptors (Lipinski definition) is 6. The number of carbonyl (C=O) groups is 1. The van der Waals surface area contributed by atoms with Gasteiger partial charge < -0.3 is 14.4 Å². The monoisotopic (exact) mass is 293 g/mol. The van der Waals surface area contributed by atoms with E-state index in [4.69, 9.17) is 4.42 Å². The van der Waals surface area contributed by atoms with Crippen LogP contribution in [0.4, 0.5) is 0 Å². The molecule has 1 amide bonds. The molecule has 3 heterocycles. The Balaban J connectivity index is 1.68. The molecule has 20 heavy (non-hydrogen) atoms. The van der Waals surface area contributed by atoms with Crippen LogP contribution in [0.15, 0.2) is 29.0 Å². The third-order valence-corrected chi connectivity index (χ3v) is 4.06. The Labute approximate surface area is 120 Å². The van der Waals surface area contributed by atoms with Crippen molar-refractivity contribution in [3.8, 4) is 0 Å². The van der Waals surface area contributed by atoms with Gasteiger partial charge in [-0.25, -0.2) is 0 Å². The summed E-state index contributed by atoms with van der Waals surface area (Å²) in [7, 11) is 0. The van der Waals surface area contributed by atoms with E-state index in [2.05, 4.69) is 8.75 Å². The number of rotatable bonds is 4. The molecule has 1 fully saturated rings. The molecular weight excluding hydrogens is 278 g/mol. The normalized spacial score (nSPS) is 20.2. The average Bonchev–Trinajstić information content (AvgIpc) is 3.20. The Morgan fingerprint density at radius 3 is 3.25 bits per heavy atom. The van der Waals surface area contributed by atoms with Gasteiger partial charge in [0.2, 0.25) is 0 Å². The van der Waals surface area contributed by atoms with E-state index in [9.17, 15) is 9.90 Å². The lowest BCUT2D eigenvalue weighted by Crippen LogP contribution is -2.36. The van der Waals surface area contributed by atoms with Gasteiger partial charge >= 0.3 is 0 Å². The fourth-order valence-corrected chi connectivity index (χ4v) is 3.02. The topological polar surface area (TPSA) is 79.5 Å². The van der Waals surface area contributed by atoms with Gasteiger partial charge in [-0.3, -0.25) is 4.79 Å². The standard InChI is InChI=1S/C13H15N3O3S/c17-11(12-4-2-6-19-12)7-9-3-1-5-16(9)13(18)10-8-14-20-15-10/h2,4,6,8-9,11,17H,1,3,5,7H2. The molecule has 0 spiro atoms. The molecule has 2 unspecified atom stereocenters. The summed E-state index contributed by atoms with van der Waals surface area (Å²) in [6, 6.07) is 3.51. The van der Waals surface area contributed by atoms with Crippen LogP contribution in [0.5, 0.6) is 0 Å². The zero-order valence-electron chi connectivity index (χ0n) is 10.8. The van der Waals surface area contributed by atoms with Crippen molar-refractivity contribution >= 4 is 17.6 Å². The third-order valence-electron chi connectivity index (χ3n) is 3.59. The number of aliphatic hydroxyl groups is 1. The number of aromatic nitrogens is 2. The maximum absolute atomic E-state index is 12.3. The van der Waals surface area contributed by atoms with E-state index in [-0.39, 0.29) is 11.9 Å². The first-order valence-electron chi connectivity index (χ1n) is 6.55. The van der Waals surface area contributed by atoms with E-state index in [1.165, 1.54) is 12.5 Å². The number of likely N-dealkylation sites (tertiary alicyclic amines) is 1. The molecular formula is C13H15N3O3S. The van der Waals surface area contributed by atoms with Crippen molar-refractivity contribution in [2.45, 2.75) is 31.4 Å². The van der Waals surface area contributed by atoms with Crippen molar-refractivity contribution in [2.75, 3.05) is 6.54 Å². The number of hydrogen-bond donors (Lipinski definition) is 1.